The Morgan fingerprint density at radius 3 is 2.35 bits per heavy atom. The molecule has 124 valence electrons. The van der Waals surface area contributed by atoms with Crippen molar-refractivity contribution in [1.82, 2.24) is 9.80 Å². The van der Waals surface area contributed by atoms with E-state index in [1.807, 2.05) is 29.2 Å². The molecule has 2 aliphatic rings. The minimum absolute atomic E-state index is 0.0345. The van der Waals surface area contributed by atoms with E-state index in [1.54, 1.807) is 14.2 Å². The lowest BCUT2D eigenvalue weighted by atomic mass is 10.2. The third-order valence-corrected chi connectivity index (χ3v) is 4.43. The molecular weight excluding hydrogens is 298 g/mol. The van der Waals surface area contributed by atoms with Gasteiger partial charge >= 0.3 is 6.09 Å². The fraction of sp³-hybridized carbons (Fsp3) is 0.500. The van der Waals surface area contributed by atoms with Crippen LogP contribution in [0.2, 0.25) is 0 Å². The highest BCUT2D eigenvalue weighted by Crippen LogP contribution is 2.21. The number of nitrogens with zero attached hydrogens (tertiary/aromatic N) is 3. The van der Waals surface area contributed by atoms with Gasteiger partial charge in [-0.2, -0.15) is 0 Å². The number of anilines is 1. The van der Waals surface area contributed by atoms with Crippen LogP contribution < -0.4 is 9.64 Å². The minimum atomic E-state index is -0.491. The fourth-order valence-electron chi connectivity index (χ4n) is 2.92. The number of hydrogen-bond donors (Lipinski definition) is 0. The van der Waals surface area contributed by atoms with E-state index in [2.05, 4.69) is 4.90 Å². The first kappa shape index (κ1) is 15.5. The van der Waals surface area contributed by atoms with Crippen LogP contribution in [0.15, 0.2) is 24.3 Å². The van der Waals surface area contributed by atoms with E-state index in [4.69, 9.17) is 9.47 Å². The molecule has 0 aromatic heterocycles. The van der Waals surface area contributed by atoms with E-state index in [-0.39, 0.29) is 12.5 Å². The Balaban J connectivity index is 1.57. The number of ether oxygens (including phenoxy) is 2. The van der Waals surface area contributed by atoms with Crippen LogP contribution in [-0.4, -0.2) is 74.8 Å². The lowest BCUT2D eigenvalue weighted by molar-refractivity contribution is -0.135. The molecule has 2 aliphatic heterocycles. The van der Waals surface area contributed by atoms with Gasteiger partial charge < -0.3 is 19.3 Å². The molecule has 1 atom stereocenters. The van der Waals surface area contributed by atoms with Crippen molar-refractivity contribution in [3.63, 3.8) is 0 Å². The van der Waals surface area contributed by atoms with Gasteiger partial charge in [0.15, 0.2) is 0 Å². The summed E-state index contributed by atoms with van der Waals surface area (Å²) in [7, 11) is 3.25. The summed E-state index contributed by atoms with van der Waals surface area (Å²) < 4.78 is 10.1. The molecule has 2 fully saturated rings. The maximum atomic E-state index is 12.5. The Morgan fingerprint density at radius 2 is 1.83 bits per heavy atom. The maximum absolute atomic E-state index is 12.5. The largest absolute Gasteiger partial charge is 0.497 e. The predicted molar refractivity (Wildman–Crippen MR) is 84.7 cm³/mol. The summed E-state index contributed by atoms with van der Waals surface area (Å²) in [6.07, 6.45) is -0.430. The summed E-state index contributed by atoms with van der Waals surface area (Å²) in [6.45, 7) is 2.96. The standard InChI is InChI=1S/C16H21N3O4/c1-17-14(11-23-16(17)21)15(20)19-9-7-18(8-10-19)12-3-5-13(22-2)6-4-12/h3-6,14H,7-11H2,1-2H3. The number of likely N-dealkylation sites (N-methyl/N-ethyl adjacent to an activating group) is 1. The van der Waals surface area contributed by atoms with Crippen LogP contribution in [0.25, 0.3) is 0 Å². The molecule has 3 rings (SSSR count). The highest BCUT2D eigenvalue weighted by atomic mass is 16.6. The minimum Gasteiger partial charge on any atom is -0.497 e. The van der Waals surface area contributed by atoms with Crippen molar-refractivity contribution in [3.8, 4) is 5.75 Å². The van der Waals surface area contributed by atoms with Gasteiger partial charge in [0.05, 0.1) is 7.11 Å². The van der Waals surface area contributed by atoms with E-state index < -0.39 is 12.1 Å². The number of cyclic esters (lactones) is 1. The first-order chi connectivity index (χ1) is 11.1. The summed E-state index contributed by atoms with van der Waals surface area (Å²) in [6, 6.07) is 7.42. The number of benzene rings is 1. The van der Waals surface area contributed by atoms with E-state index in [1.165, 1.54) is 4.90 Å². The molecule has 23 heavy (non-hydrogen) atoms. The zero-order valence-electron chi connectivity index (χ0n) is 13.4. The van der Waals surface area contributed by atoms with Crippen LogP contribution in [0.5, 0.6) is 5.75 Å². The van der Waals surface area contributed by atoms with Gasteiger partial charge in [0.2, 0.25) is 5.91 Å². The van der Waals surface area contributed by atoms with Gasteiger partial charge in [-0.25, -0.2) is 4.79 Å². The molecular formula is C16H21N3O4. The van der Waals surface area contributed by atoms with E-state index >= 15 is 0 Å². The van der Waals surface area contributed by atoms with Gasteiger partial charge in [-0.1, -0.05) is 0 Å². The Kier molecular flexibility index (Phi) is 4.27. The normalized spacial score (nSPS) is 21.4. The van der Waals surface area contributed by atoms with Crippen molar-refractivity contribution in [2.75, 3.05) is 51.8 Å². The van der Waals surface area contributed by atoms with Crippen LogP contribution >= 0.6 is 0 Å². The number of carbonyl (C=O) groups excluding carboxylic acids is 2. The van der Waals surface area contributed by atoms with Crippen molar-refractivity contribution in [2.45, 2.75) is 6.04 Å². The van der Waals surface area contributed by atoms with Gasteiger partial charge in [0.25, 0.3) is 0 Å². The van der Waals surface area contributed by atoms with Gasteiger partial charge in [-0.3, -0.25) is 9.69 Å². The number of rotatable bonds is 3. The average Bonchev–Trinajstić information content (AvgIpc) is 2.94. The predicted octanol–water partition coefficient (Wildman–Crippen LogP) is 0.794. The Labute approximate surface area is 135 Å². The van der Waals surface area contributed by atoms with Crippen molar-refractivity contribution >= 4 is 17.7 Å². The monoisotopic (exact) mass is 319 g/mol. The SMILES string of the molecule is COc1ccc(N2CCN(C(=O)C3COC(=O)N3C)CC2)cc1. The highest BCUT2D eigenvalue weighted by molar-refractivity contribution is 5.88. The molecule has 2 heterocycles. The van der Waals surface area contributed by atoms with E-state index in [0.29, 0.717) is 13.1 Å². The summed E-state index contributed by atoms with van der Waals surface area (Å²) in [4.78, 5) is 29.3. The molecule has 7 nitrogen and oxygen atoms in total. The second-order valence-electron chi connectivity index (χ2n) is 5.71. The van der Waals surface area contributed by atoms with Crippen LogP contribution in [-0.2, 0) is 9.53 Å². The molecule has 0 aliphatic carbocycles. The van der Waals surface area contributed by atoms with Crippen LogP contribution in [0.3, 0.4) is 0 Å². The van der Waals surface area contributed by atoms with Crippen LogP contribution in [0.4, 0.5) is 10.5 Å². The fourth-order valence-corrected chi connectivity index (χ4v) is 2.92. The molecule has 1 aromatic carbocycles. The summed E-state index contributed by atoms with van der Waals surface area (Å²) in [5.74, 6) is 0.796. The Hall–Kier alpha value is -2.44. The summed E-state index contributed by atoms with van der Waals surface area (Å²) >= 11 is 0. The Morgan fingerprint density at radius 1 is 1.17 bits per heavy atom. The molecule has 1 aromatic rings. The van der Waals surface area contributed by atoms with Crippen LogP contribution in [0, 0.1) is 0 Å². The van der Waals surface area contributed by atoms with Gasteiger partial charge in [-0.15, -0.1) is 0 Å². The maximum Gasteiger partial charge on any atom is 0.410 e. The van der Waals surface area contributed by atoms with Crippen molar-refractivity contribution in [1.29, 1.82) is 0 Å². The molecule has 2 saturated heterocycles. The molecule has 0 spiro atoms. The molecule has 0 N–H and O–H groups in total. The molecule has 2 amide bonds. The second kappa shape index (κ2) is 6.36. The quantitative estimate of drug-likeness (QED) is 0.824. The summed E-state index contributed by atoms with van der Waals surface area (Å²) in [5.41, 5.74) is 1.12. The zero-order chi connectivity index (χ0) is 16.4. The third-order valence-electron chi connectivity index (χ3n) is 4.43. The number of methoxy groups -OCH3 is 1. The zero-order valence-corrected chi connectivity index (χ0v) is 13.4. The van der Waals surface area contributed by atoms with E-state index in [0.717, 1.165) is 24.5 Å². The summed E-state index contributed by atoms with van der Waals surface area (Å²) in [5, 5.41) is 0. The van der Waals surface area contributed by atoms with Gasteiger partial charge in [-0.05, 0) is 24.3 Å². The molecule has 0 radical (unpaired) electrons. The first-order valence-corrected chi connectivity index (χ1v) is 7.67. The van der Waals surface area contributed by atoms with E-state index in [9.17, 15) is 9.59 Å². The van der Waals surface area contributed by atoms with Gasteiger partial charge in [0.1, 0.15) is 18.4 Å². The molecule has 0 saturated carbocycles. The lowest BCUT2D eigenvalue weighted by Crippen LogP contribution is -2.54. The first-order valence-electron chi connectivity index (χ1n) is 7.67. The molecule has 1 unspecified atom stereocenters. The lowest BCUT2D eigenvalue weighted by Gasteiger charge is -2.37. The Bertz CT molecular complexity index is 581. The number of amides is 2. The number of piperazine rings is 1. The van der Waals surface area contributed by atoms with Crippen molar-refractivity contribution in [3.05, 3.63) is 24.3 Å². The number of carbonyl (C=O) groups is 2. The average molecular weight is 319 g/mol. The molecule has 0 bridgehead atoms. The van der Waals surface area contributed by atoms with Crippen molar-refractivity contribution in [2.24, 2.45) is 0 Å². The van der Waals surface area contributed by atoms with Gasteiger partial charge in [0, 0.05) is 38.9 Å². The third kappa shape index (κ3) is 3.04. The number of hydrogen-bond acceptors (Lipinski definition) is 5. The van der Waals surface area contributed by atoms with Crippen LogP contribution in [0.1, 0.15) is 0 Å². The van der Waals surface area contributed by atoms with Crippen molar-refractivity contribution < 1.29 is 19.1 Å². The second-order valence-corrected chi connectivity index (χ2v) is 5.71. The highest BCUT2D eigenvalue weighted by Gasteiger charge is 2.38. The topological polar surface area (TPSA) is 62.3 Å². The smallest absolute Gasteiger partial charge is 0.410 e. The molecule has 7 heteroatoms.